The summed E-state index contributed by atoms with van der Waals surface area (Å²) < 4.78 is 0. The summed E-state index contributed by atoms with van der Waals surface area (Å²) in [5.41, 5.74) is 1.79. The molecule has 2 rings (SSSR count). The quantitative estimate of drug-likeness (QED) is 0.515. The van der Waals surface area contributed by atoms with E-state index in [-0.39, 0.29) is 21.7 Å². The SMILES string of the molecule is CC(c1ccc(O)cc1)c1cc(Cl)c(Cl)c(Cl)c1Cl. The molecule has 0 fully saturated rings. The summed E-state index contributed by atoms with van der Waals surface area (Å²) in [4.78, 5) is 0. The topological polar surface area (TPSA) is 20.2 Å². The molecule has 2 aromatic rings. The van der Waals surface area contributed by atoms with Gasteiger partial charge >= 0.3 is 0 Å². The van der Waals surface area contributed by atoms with Crippen LogP contribution in [0.15, 0.2) is 30.3 Å². The van der Waals surface area contributed by atoms with Gasteiger partial charge in [-0.1, -0.05) is 65.5 Å². The number of phenols is 1. The van der Waals surface area contributed by atoms with Crippen LogP contribution in [0.25, 0.3) is 0 Å². The summed E-state index contributed by atoms with van der Waals surface area (Å²) in [6.07, 6.45) is 0. The third-order valence-corrected chi connectivity index (χ3v) is 4.76. The predicted molar refractivity (Wildman–Crippen MR) is 82.1 cm³/mol. The maximum atomic E-state index is 9.30. The van der Waals surface area contributed by atoms with Crippen molar-refractivity contribution in [2.75, 3.05) is 0 Å². The van der Waals surface area contributed by atoms with E-state index < -0.39 is 0 Å². The highest BCUT2D eigenvalue weighted by molar-refractivity contribution is 6.52. The van der Waals surface area contributed by atoms with Gasteiger partial charge in [0.2, 0.25) is 0 Å². The summed E-state index contributed by atoms with van der Waals surface area (Å²) in [7, 11) is 0. The molecule has 0 spiro atoms. The molecule has 0 amide bonds. The molecule has 2 aromatic carbocycles. The van der Waals surface area contributed by atoms with E-state index in [1.807, 2.05) is 19.1 Å². The molecule has 0 aliphatic heterocycles. The number of phenolic OH excluding ortho intramolecular Hbond substituents is 1. The van der Waals surface area contributed by atoms with E-state index in [9.17, 15) is 5.11 Å². The summed E-state index contributed by atoms with van der Waals surface area (Å²) in [5, 5.41) is 10.6. The maximum Gasteiger partial charge on any atom is 0.115 e. The van der Waals surface area contributed by atoms with Crippen LogP contribution in [-0.2, 0) is 0 Å². The molecule has 1 N–H and O–H groups in total. The second-order valence-electron chi connectivity index (χ2n) is 4.20. The zero-order valence-electron chi connectivity index (χ0n) is 9.92. The van der Waals surface area contributed by atoms with E-state index in [1.54, 1.807) is 18.2 Å². The van der Waals surface area contributed by atoms with E-state index in [0.717, 1.165) is 11.1 Å². The Morgan fingerprint density at radius 3 is 2.05 bits per heavy atom. The van der Waals surface area contributed by atoms with Gasteiger partial charge in [0, 0.05) is 5.92 Å². The highest BCUT2D eigenvalue weighted by Gasteiger charge is 2.18. The Morgan fingerprint density at radius 1 is 0.895 bits per heavy atom. The summed E-state index contributed by atoms with van der Waals surface area (Å²) in [6.45, 7) is 1.98. The largest absolute Gasteiger partial charge is 0.508 e. The third-order valence-electron chi connectivity index (χ3n) is 2.99. The molecule has 1 unspecified atom stereocenters. The van der Waals surface area contributed by atoms with Crippen LogP contribution in [0, 0.1) is 0 Å². The zero-order chi connectivity index (χ0) is 14.2. The minimum absolute atomic E-state index is 0.0135. The Hall–Kier alpha value is -0.600. The van der Waals surface area contributed by atoms with Gasteiger partial charge < -0.3 is 5.11 Å². The van der Waals surface area contributed by atoms with E-state index in [1.165, 1.54) is 0 Å². The average Bonchev–Trinajstić information content (AvgIpc) is 2.40. The molecule has 1 atom stereocenters. The minimum Gasteiger partial charge on any atom is -0.508 e. The van der Waals surface area contributed by atoms with Crippen LogP contribution in [0.4, 0.5) is 0 Å². The van der Waals surface area contributed by atoms with Crippen molar-refractivity contribution in [2.24, 2.45) is 0 Å². The molecular formula is C14H10Cl4O. The fourth-order valence-corrected chi connectivity index (χ4v) is 2.83. The lowest BCUT2D eigenvalue weighted by Gasteiger charge is -2.16. The fourth-order valence-electron chi connectivity index (χ4n) is 1.85. The lowest BCUT2D eigenvalue weighted by molar-refractivity contribution is 0.475. The van der Waals surface area contributed by atoms with Crippen LogP contribution in [0.1, 0.15) is 24.0 Å². The Bertz CT molecular complexity index is 608. The van der Waals surface area contributed by atoms with Crippen molar-refractivity contribution in [3.8, 4) is 5.75 Å². The number of hydrogen-bond acceptors (Lipinski definition) is 1. The predicted octanol–water partition coefficient (Wildman–Crippen LogP) is 6.16. The van der Waals surface area contributed by atoms with Crippen molar-refractivity contribution in [3.05, 3.63) is 61.5 Å². The molecule has 100 valence electrons. The summed E-state index contributed by atoms with van der Waals surface area (Å²) in [5.74, 6) is 0.203. The van der Waals surface area contributed by atoms with Gasteiger partial charge in [-0.3, -0.25) is 0 Å². The Labute approximate surface area is 131 Å². The lowest BCUT2D eigenvalue weighted by atomic mass is 9.93. The van der Waals surface area contributed by atoms with E-state index in [0.29, 0.717) is 10.0 Å². The van der Waals surface area contributed by atoms with Crippen LogP contribution in [0.5, 0.6) is 5.75 Å². The second kappa shape index (κ2) is 5.80. The molecule has 0 radical (unpaired) electrons. The molecule has 0 aromatic heterocycles. The first kappa shape index (κ1) is 14.8. The Balaban J connectivity index is 2.50. The van der Waals surface area contributed by atoms with E-state index >= 15 is 0 Å². The second-order valence-corrected chi connectivity index (χ2v) is 5.74. The van der Waals surface area contributed by atoms with Gasteiger partial charge in [-0.05, 0) is 29.3 Å². The third kappa shape index (κ3) is 2.95. The number of benzene rings is 2. The number of halogens is 4. The summed E-state index contributed by atoms with van der Waals surface area (Å²) >= 11 is 24.3. The Kier molecular flexibility index (Phi) is 4.52. The van der Waals surface area contributed by atoms with Gasteiger partial charge in [-0.2, -0.15) is 0 Å². The molecule has 0 aliphatic carbocycles. The molecular weight excluding hydrogens is 326 g/mol. The van der Waals surface area contributed by atoms with Crippen LogP contribution >= 0.6 is 46.4 Å². The van der Waals surface area contributed by atoms with Crippen LogP contribution in [0.3, 0.4) is 0 Å². The van der Waals surface area contributed by atoms with Gasteiger partial charge in [0.05, 0.1) is 20.1 Å². The van der Waals surface area contributed by atoms with Gasteiger partial charge in [0.25, 0.3) is 0 Å². The van der Waals surface area contributed by atoms with Gasteiger partial charge in [0.1, 0.15) is 5.75 Å². The molecule has 0 aliphatic rings. The first-order valence-corrected chi connectivity index (χ1v) is 7.04. The van der Waals surface area contributed by atoms with Crippen molar-refractivity contribution in [2.45, 2.75) is 12.8 Å². The van der Waals surface area contributed by atoms with Gasteiger partial charge in [0.15, 0.2) is 0 Å². The Morgan fingerprint density at radius 2 is 1.47 bits per heavy atom. The normalized spacial score (nSPS) is 12.5. The molecule has 0 saturated heterocycles. The maximum absolute atomic E-state index is 9.30. The monoisotopic (exact) mass is 334 g/mol. The van der Waals surface area contributed by atoms with Crippen LogP contribution < -0.4 is 0 Å². The molecule has 19 heavy (non-hydrogen) atoms. The van der Waals surface area contributed by atoms with Crippen molar-refractivity contribution < 1.29 is 5.11 Å². The smallest absolute Gasteiger partial charge is 0.115 e. The van der Waals surface area contributed by atoms with Crippen molar-refractivity contribution in [1.29, 1.82) is 0 Å². The highest BCUT2D eigenvalue weighted by Crippen LogP contribution is 2.42. The molecule has 0 saturated carbocycles. The van der Waals surface area contributed by atoms with Gasteiger partial charge in [-0.15, -0.1) is 0 Å². The number of aromatic hydroxyl groups is 1. The molecule has 0 heterocycles. The fraction of sp³-hybridized carbons (Fsp3) is 0.143. The van der Waals surface area contributed by atoms with E-state index in [2.05, 4.69) is 0 Å². The standard InChI is InChI=1S/C14H10Cl4O/c1-7(8-2-4-9(19)5-3-8)10-6-11(15)13(17)14(18)12(10)16/h2-7,19H,1H3. The van der Waals surface area contributed by atoms with Crippen LogP contribution in [0.2, 0.25) is 20.1 Å². The zero-order valence-corrected chi connectivity index (χ0v) is 12.9. The number of rotatable bonds is 2. The van der Waals surface area contributed by atoms with Crippen molar-refractivity contribution in [3.63, 3.8) is 0 Å². The first-order chi connectivity index (χ1) is 8.91. The first-order valence-electron chi connectivity index (χ1n) is 5.53. The molecule has 5 heteroatoms. The highest BCUT2D eigenvalue weighted by atomic mass is 35.5. The van der Waals surface area contributed by atoms with Crippen molar-refractivity contribution >= 4 is 46.4 Å². The van der Waals surface area contributed by atoms with Crippen LogP contribution in [-0.4, -0.2) is 5.11 Å². The lowest BCUT2D eigenvalue weighted by Crippen LogP contribution is -1.98. The van der Waals surface area contributed by atoms with Crippen molar-refractivity contribution in [1.82, 2.24) is 0 Å². The summed E-state index contributed by atoms with van der Waals surface area (Å²) in [6, 6.07) is 8.62. The number of hydrogen-bond donors (Lipinski definition) is 1. The minimum atomic E-state index is -0.0135. The average molecular weight is 336 g/mol. The molecule has 0 bridgehead atoms. The van der Waals surface area contributed by atoms with E-state index in [4.69, 9.17) is 46.4 Å². The molecule has 1 nitrogen and oxygen atoms in total. The van der Waals surface area contributed by atoms with Gasteiger partial charge in [-0.25, -0.2) is 0 Å².